The van der Waals surface area contributed by atoms with E-state index in [0.29, 0.717) is 5.88 Å². The lowest BCUT2D eigenvalue weighted by Gasteiger charge is -2.06. The molecular formula is C13H15N3O. The fourth-order valence-electron chi connectivity index (χ4n) is 1.48. The minimum Gasteiger partial charge on any atom is -0.439 e. The summed E-state index contributed by atoms with van der Waals surface area (Å²) in [5.74, 6) is 2.07. The first-order valence-electron chi connectivity index (χ1n) is 5.58. The van der Waals surface area contributed by atoms with Crippen molar-refractivity contribution in [3.8, 4) is 11.6 Å². The molecule has 0 saturated carbocycles. The van der Waals surface area contributed by atoms with Crippen LogP contribution in [0.25, 0.3) is 0 Å². The van der Waals surface area contributed by atoms with Gasteiger partial charge in [0.15, 0.2) is 0 Å². The van der Waals surface area contributed by atoms with Gasteiger partial charge in [-0.05, 0) is 24.1 Å². The maximum atomic E-state index is 5.67. The van der Waals surface area contributed by atoms with E-state index in [9.17, 15) is 0 Å². The van der Waals surface area contributed by atoms with Crippen molar-refractivity contribution in [2.45, 2.75) is 13.3 Å². The minimum atomic E-state index is 0.539. The summed E-state index contributed by atoms with van der Waals surface area (Å²) in [6, 6.07) is 9.75. The van der Waals surface area contributed by atoms with Gasteiger partial charge in [-0.15, -0.1) is 0 Å². The highest BCUT2D eigenvalue weighted by Gasteiger charge is 2.01. The Labute approximate surface area is 101 Å². The number of rotatable bonds is 4. The molecule has 88 valence electrons. The number of benzene rings is 1. The zero-order chi connectivity index (χ0) is 12.1. The van der Waals surface area contributed by atoms with Crippen LogP contribution in [0, 0.1) is 0 Å². The monoisotopic (exact) mass is 229 g/mol. The highest BCUT2D eigenvalue weighted by Crippen LogP contribution is 2.21. The van der Waals surface area contributed by atoms with E-state index in [1.165, 1.54) is 11.9 Å². The third-order valence-electron chi connectivity index (χ3n) is 2.43. The molecule has 0 spiro atoms. The molecule has 0 fully saturated rings. The molecule has 17 heavy (non-hydrogen) atoms. The van der Waals surface area contributed by atoms with Crippen molar-refractivity contribution in [2.24, 2.45) is 0 Å². The van der Waals surface area contributed by atoms with Gasteiger partial charge in [0.05, 0.1) is 0 Å². The van der Waals surface area contributed by atoms with Crippen molar-refractivity contribution in [1.29, 1.82) is 0 Å². The zero-order valence-electron chi connectivity index (χ0n) is 9.97. The van der Waals surface area contributed by atoms with Gasteiger partial charge in [-0.25, -0.2) is 9.97 Å². The molecule has 1 N–H and O–H groups in total. The maximum Gasteiger partial charge on any atom is 0.224 e. The first-order chi connectivity index (χ1) is 8.31. The molecule has 0 radical (unpaired) electrons. The maximum absolute atomic E-state index is 5.67. The van der Waals surface area contributed by atoms with Gasteiger partial charge in [0, 0.05) is 13.1 Å². The highest BCUT2D eigenvalue weighted by molar-refractivity contribution is 5.38. The van der Waals surface area contributed by atoms with Crippen molar-refractivity contribution in [3.05, 3.63) is 42.2 Å². The van der Waals surface area contributed by atoms with E-state index in [2.05, 4.69) is 28.3 Å². The number of hydrogen-bond acceptors (Lipinski definition) is 4. The Bertz CT molecular complexity index is 454. The van der Waals surface area contributed by atoms with Crippen LogP contribution in [-0.2, 0) is 6.42 Å². The lowest BCUT2D eigenvalue weighted by molar-refractivity contribution is 0.461. The Morgan fingerprint density at radius 2 is 2.12 bits per heavy atom. The summed E-state index contributed by atoms with van der Waals surface area (Å²) in [4.78, 5) is 8.10. The molecule has 0 bridgehead atoms. The Morgan fingerprint density at radius 1 is 1.24 bits per heavy atom. The number of ether oxygens (including phenoxy) is 1. The second kappa shape index (κ2) is 5.30. The topological polar surface area (TPSA) is 47.0 Å². The second-order valence-corrected chi connectivity index (χ2v) is 3.59. The Morgan fingerprint density at radius 3 is 2.88 bits per heavy atom. The van der Waals surface area contributed by atoms with Crippen LogP contribution in [0.3, 0.4) is 0 Å². The largest absolute Gasteiger partial charge is 0.439 e. The van der Waals surface area contributed by atoms with Gasteiger partial charge < -0.3 is 10.1 Å². The van der Waals surface area contributed by atoms with Crippen LogP contribution < -0.4 is 10.1 Å². The van der Waals surface area contributed by atoms with E-state index in [1.54, 1.807) is 6.07 Å². The van der Waals surface area contributed by atoms with Crippen LogP contribution in [0.2, 0.25) is 0 Å². The molecule has 0 unspecified atom stereocenters. The molecule has 0 aliphatic heterocycles. The third kappa shape index (κ3) is 2.93. The molecule has 4 nitrogen and oxygen atoms in total. The van der Waals surface area contributed by atoms with E-state index in [-0.39, 0.29) is 0 Å². The average Bonchev–Trinajstić information content (AvgIpc) is 2.39. The van der Waals surface area contributed by atoms with Crippen molar-refractivity contribution < 1.29 is 4.74 Å². The normalized spacial score (nSPS) is 10.0. The number of anilines is 1. The van der Waals surface area contributed by atoms with Crippen LogP contribution >= 0.6 is 0 Å². The van der Waals surface area contributed by atoms with Crippen LogP contribution in [0.4, 0.5) is 5.82 Å². The molecule has 1 aromatic heterocycles. The van der Waals surface area contributed by atoms with Gasteiger partial charge >= 0.3 is 0 Å². The minimum absolute atomic E-state index is 0.539. The molecule has 0 aliphatic carbocycles. The quantitative estimate of drug-likeness (QED) is 0.875. The van der Waals surface area contributed by atoms with Crippen molar-refractivity contribution in [3.63, 3.8) is 0 Å². The van der Waals surface area contributed by atoms with Gasteiger partial charge in [-0.3, -0.25) is 0 Å². The van der Waals surface area contributed by atoms with Crippen LogP contribution in [0.15, 0.2) is 36.7 Å². The predicted molar refractivity (Wildman–Crippen MR) is 67.5 cm³/mol. The van der Waals surface area contributed by atoms with Gasteiger partial charge in [0.1, 0.15) is 17.9 Å². The number of aryl methyl sites for hydroxylation is 1. The van der Waals surface area contributed by atoms with E-state index in [4.69, 9.17) is 4.74 Å². The molecule has 1 aromatic carbocycles. The molecule has 0 atom stereocenters. The first kappa shape index (κ1) is 11.4. The number of hydrogen-bond donors (Lipinski definition) is 1. The molecule has 0 aliphatic rings. The molecule has 2 rings (SSSR count). The summed E-state index contributed by atoms with van der Waals surface area (Å²) in [6.07, 6.45) is 2.47. The Kier molecular flexibility index (Phi) is 3.55. The van der Waals surface area contributed by atoms with Gasteiger partial charge in [-0.1, -0.05) is 19.1 Å². The summed E-state index contributed by atoms with van der Waals surface area (Å²) < 4.78 is 5.67. The number of aromatic nitrogens is 2. The van der Waals surface area contributed by atoms with Crippen molar-refractivity contribution in [1.82, 2.24) is 9.97 Å². The highest BCUT2D eigenvalue weighted by atomic mass is 16.5. The lowest BCUT2D eigenvalue weighted by Crippen LogP contribution is -1.95. The molecule has 4 heteroatoms. The van der Waals surface area contributed by atoms with E-state index in [1.807, 2.05) is 25.2 Å². The fourth-order valence-corrected chi connectivity index (χ4v) is 1.48. The zero-order valence-corrected chi connectivity index (χ0v) is 9.97. The Balaban J connectivity index is 2.18. The van der Waals surface area contributed by atoms with E-state index in [0.717, 1.165) is 18.0 Å². The first-order valence-corrected chi connectivity index (χ1v) is 5.58. The SMILES string of the molecule is CCc1cccc(Oc2cc(NC)ncn2)c1. The Hall–Kier alpha value is -2.10. The molecule has 2 aromatic rings. The van der Waals surface area contributed by atoms with Crippen LogP contribution in [0.1, 0.15) is 12.5 Å². The smallest absolute Gasteiger partial charge is 0.224 e. The summed E-state index contributed by atoms with van der Waals surface area (Å²) in [5.41, 5.74) is 1.24. The van der Waals surface area contributed by atoms with Crippen molar-refractivity contribution >= 4 is 5.82 Å². The standard InChI is InChI=1S/C13H15N3O/c1-3-10-5-4-6-11(7-10)17-13-8-12(14-2)15-9-16-13/h4-9H,3H2,1-2H3,(H,14,15,16). The summed E-state index contributed by atoms with van der Waals surface area (Å²) in [5, 5.41) is 2.94. The summed E-state index contributed by atoms with van der Waals surface area (Å²) in [6.45, 7) is 2.11. The van der Waals surface area contributed by atoms with E-state index >= 15 is 0 Å². The fraction of sp³-hybridized carbons (Fsp3) is 0.231. The number of nitrogens with one attached hydrogen (secondary N) is 1. The summed E-state index contributed by atoms with van der Waals surface area (Å²) in [7, 11) is 1.81. The average molecular weight is 229 g/mol. The van der Waals surface area contributed by atoms with Crippen LogP contribution in [-0.4, -0.2) is 17.0 Å². The van der Waals surface area contributed by atoms with Crippen molar-refractivity contribution in [2.75, 3.05) is 12.4 Å². The molecular weight excluding hydrogens is 214 g/mol. The molecule has 1 heterocycles. The molecule has 0 amide bonds. The number of nitrogens with zero attached hydrogens (tertiary/aromatic N) is 2. The predicted octanol–water partition coefficient (Wildman–Crippen LogP) is 2.87. The second-order valence-electron chi connectivity index (χ2n) is 3.59. The van der Waals surface area contributed by atoms with Gasteiger partial charge in [0.2, 0.25) is 5.88 Å². The molecule has 0 saturated heterocycles. The lowest BCUT2D eigenvalue weighted by atomic mass is 10.2. The van der Waals surface area contributed by atoms with Gasteiger partial charge in [-0.2, -0.15) is 0 Å². The third-order valence-corrected chi connectivity index (χ3v) is 2.43. The summed E-state index contributed by atoms with van der Waals surface area (Å²) >= 11 is 0. The van der Waals surface area contributed by atoms with Crippen LogP contribution in [0.5, 0.6) is 11.6 Å². The van der Waals surface area contributed by atoms with E-state index < -0.39 is 0 Å². The van der Waals surface area contributed by atoms with Gasteiger partial charge in [0.25, 0.3) is 0 Å².